The number of nitrogens with zero attached hydrogens (tertiary/aromatic N) is 1. The zero-order chi connectivity index (χ0) is 27.9. The van der Waals surface area contributed by atoms with Gasteiger partial charge in [-0.3, -0.25) is 9.78 Å². The highest BCUT2D eigenvalue weighted by Gasteiger charge is 2.26. The largest absolute Gasteiger partial charge is 0.489 e. The van der Waals surface area contributed by atoms with E-state index in [4.69, 9.17) is 9.47 Å². The van der Waals surface area contributed by atoms with Gasteiger partial charge in [0.2, 0.25) is 0 Å². The molecule has 1 fully saturated rings. The molecule has 3 rings (SSSR count). The lowest BCUT2D eigenvalue weighted by Gasteiger charge is -2.30. The number of hydrogen-bond donors (Lipinski definition) is 2. The van der Waals surface area contributed by atoms with E-state index in [1.807, 2.05) is 52.8 Å². The van der Waals surface area contributed by atoms with Crippen LogP contribution < -0.4 is 15.4 Å². The van der Waals surface area contributed by atoms with E-state index in [-0.39, 0.29) is 24.1 Å². The van der Waals surface area contributed by atoms with Gasteiger partial charge in [0.1, 0.15) is 11.4 Å². The summed E-state index contributed by atoms with van der Waals surface area (Å²) in [7, 11) is 0. The van der Waals surface area contributed by atoms with Crippen molar-refractivity contribution in [3.63, 3.8) is 0 Å². The monoisotopic (exact) mass is 585 g/mol. The van der Waals surface area contributed by atoms with Crippen LogP contribution in [0.4, 0.5) is 4.79 Å². The second-order valence-corrected chi connectivity index (χ2v) is 11.6. The van der Waals surface area contributed by atoms with Crippen LogP contribution in [0.1, 0.15) is 85.7 Å². The van der Waals surface area contributed by atoms with Gasteiger partial charge in [-0.25, -0.2) is 4.79 Å². The summed E-state index contributed by atoms with van der Waals surface area (Å²) in [6.45, 7) is 13.8. The standard InChI is InChI=1S/C30H40BrN3O4/c1-7-8-10-21-17-19(2)33-20(3)25(21)18-32-28(35)24-11-9-12-26(27(24)31)37-23-15-13-22(14-16-23)34-29(36)38-30(4,5)6/h7,9,11-12,17,22-23H,1,8,10,13-16,18H2,2-6H3,(H,32,35)(H,34,36). The third-order valence-corrected chi connectivity index (χ3v) is 7.31. The SMILES string of the molecule is C=CCCc1cc(C)nc(C)c1CNC(=O)c1cccc(OC2CCC(NC(=O)OC(C)(C)C)CC2)c1Br. The summed E-state index contributed by atoms with van der Waals surface area (Å²) in [5.74, 6) is 0.461. The lowest BCUT2D eigenvalue weighted by molar-refractivity contribution is 0.0470. The molecule has 1 aromatic heterocycles. The number of benzene rings is 1. The van der Waals surface area contributed by atoms with Gasteiger partial charge in [0, 0.05) is 24.0 Å². The van der Waals surface area contributed by atoms with Crippen molar-refractivity contribution in [1.29, 1.82) is 0 Å². The number of allylic oxidation sites excluding steroid dienone is 1. The number of carbonyl (C=O) groups is 2. The Hall–Kier alpha value is -2.87. The van der Waals surface area contributed by atoms with Gasteiger partial charge in [0.05, 0.1) is 16.1 Å². The summed E-state index contributed by atoms with van der Waals surface area (Å²) in [6.07, 6.45) is 6.48. The van der Waals surface area contributed by atoms with Crippen LogP contribution in [0.5, 0.6) is 5.75 Å². The first kappa shape index (κ1) is 29.7. The molecule has 2 aromatic rings. The number of pyridine rings is 1. The maximum Gasteiger partial charge on any atom is 0.407 e. The normalized spacial score (nSPS) is 17.4. The van der Waals surface area contributed by atoms with Gasteiger partial charge >= 0.3 is 6.09 Å². The predicted molar refractivity (Wildman–Crippen MR) is 154 cm³/mol. The van der Waals surface area contributed by atoms with E-state index < -0.39 is 5.60 Å². The quantitative estimate of drug-likeness (QED) is 0.319. The molecule has 2 amide bonds. The molecule has 38 heavy (non-hydrogen) atoms. The summed E-state index contributed by atoms with van der Waals surface area (Å²) in [5.41, 5.74) is 4.14. The fourth-order valence-corrected chi connectivity index (χ4v) is 5.22. The number of ether oxygens (including phenoxy) is 2. The highest BCUT2D eigenvalue weighted by atomic mass is 79.9. The molecule has 0 bridgehead atoms. The Bertz CT molecular complexity index is 1150. The van der Waals surface area contributed by atoms with Crippen LogP contribution in [-0.4, -0.2) is 34.7 Å². The summed E-state index contributed by atoms with van der Waals surface area (Å²) in [5, 5.41) is 6.02. The highest BCUT2D eigenvalue weighted by molar-refractivity contribution is 9.10. The second-order valence-electron chi connectivity index (χ2n) is 10.9. The van der Waals surface area contributed by atoms with Crippen LogP contribution in [0, 0.1) is 13.8 Å². The molecule has 8 heteroatoms. The Morgan fingerprint density at radius 2 is 1.89 bits per heavy atom. The molecule has 1 aliphatic carbocycles. The molecule has 0 saturated heterocycles. The van der Waals surface area contributed by atoms with Crippen molar-refractivity contribution in [3.8, 4) is 5.75 Å². The summed E-state index contributed by atoms with van der Waals surface area (Å²) < 4.78 is 12.3. The topological polar surface area (TPSA) is 89.5 Å². The van der Waals surface area contributed by atoms with E-state index in [0.717, 1.165) is 55.5 Å². The van der Waals surface area contributed by atoms with E-state index in [0.29, 0.717) is 22.3 Å². The van der Waals surface area contributed by atoms with Gasteiger partial charge in [0.15, 0.2) is 0 Å². The Morgan fingerprint density at radius 1 is 1.18 bits per heavy atom. The zero-order valence-electron chi connectivity index (χ0n) is 23.2. The van der Waals surface area contributed by atoms with Crippen molar-refractivity contribution >= 4 is 27.9 Å². The number of amides is 2. The van der Waals surface area contributed by atoms with E-state index in [2.05, 4.69) is 44.2 Å². The Labute approximate surface area is 234 Å². The minimum atomic E-state index is -0.516. The smallest absolute Gasteiger partial charge is 0.407 e. The van der Waals surface area contributed by atoms with Crippen molar-refractivity contribution in [2.75, 3.05) is 0 Å². The van der Waals surface area contributed by atoms with Gasteiger partial charge in [0.25, 0.3) is 5.91 Å². The van der Waals surface area contributed by atoms with Gasteiger partial charge in [-0.2, -0.15) is 0 Å². The number of nitrogens with one attached hydrogen (secondary N) is 2. The third kappa shape index (κ3) is 8.58. The van der Waals surface area contributed by atoms with Crippen molar-refractivity contribution in [3.05, 3.63) is 69.5 Å². The Morgan fingerprint density at radius 3 is 2.55 bits per heavy atom. The lowest BCUT2D eigenvalue weighted by Crippen LogP contribution is -2.42. The summed E-state index contributed by atoms with van der Waals surface area (Å²) in [4.78, 5) is 29.8. The molecule has 7 nitrogen and oxygen atoms in total. The maximum atomic E-state index is 13.1. The first-order valence-electron chi connectivity index (χ1n) is 13.3. The van der Waals surface area contributed by atoms with Gasteiger partial charge < -0.3 is 20.1 Å². The fourth-order valence-electron chi connectivity index (χ4n) is 4.68. The van der Waals surface area contributed by atoms with Gasteiger partial charge in [-0.15, -0.1) is 6.58 Å². The maximum absolute atomic E-state index is 13.1. The number of hydrogen-bond acceptors (Lipinski definition) is 5. The van der Waals surface area contributed by atoms with Crippen LogP contribution in [0.2, 0.25) is 0 Å². The number of aryl methyl sites for hydroxylation is 3. The molecular formula is C30H40BrN3O4. The van der Waals surface area contributed by atoms with Crippen LogP contribution in [0.3, 0.4) is 0 Å². The molecule has 0 unspecified atom stereocenters. The number of halogens is 1. The van der Waals surface area contributed by atoms with Crippen LogP contribution >= 0.6 is 15.9 Å². The molecule has 2 N–H and O–H groups in total. The van der Waals surface area contributed by atoms with E-state index in [1.54, 1.807) is 6.07 Å². The van der Waals surface area contributed by atoms with E-state index in [9.17, 15) is 9.59 Å². The van der Waals surface area contributed by atoms with Crippen LogP contribution in [0.15, 0.2) is 41.4 Å². The van der Waals surface area contributed by atoms with Crippen molar-refractivity contribution in [2.45, 2.75) is 97.4 Å². The number of alkyl carbamates (subject to hydrolysis) is 1. The predicted octanol–water partition coefficient (Wildman–Crippen LogP) is 6.72. The third-order valence-electron chi connectivity index (χ3n) is 6.49. The van der Waals surface area contributed by atoms with Gasteiger partial charge in [-0.1, -0.05) is 12.1 Å². The van der Waals surface area contributed by atoms with Crippen molar-refractivity contribution in [2.24, 2.45) is 0 Å². The fraction of sp³-hybridized carbons (Fsp3) is 0.500. The Kier molecular flexibility index (Phi) is 10.4. The van der Waals surface area contributed by atoms with E-state index in [1.165, 1.54) is 5.56 Å². The van der Waals surface area contributed by atoms with Gasteiger partial charge in [-0.05, 0) is 118 Å². The number of carbonyl (C=O) groups excluding carboxylic acids is 2. The minimum absolute atomic E-state index is 0.00926. The number of aromatic nitrogens is 1. The molecule has 0 atom stereocenters. The molecule has 1 heterocycles. The zero-order valence-corrected chi connectivity index (χ0v) is 24.7. The van der Waals surface area contributed by atoms with Crippen molar-refractivity contribution < 1.29 is 19.1 Å². The van der Waals surface area contributed by atoms with E-state index >= 15 is 0 Å². The van der Waals surface area contributed by atoms with Crippen LogP contribution in [0.25, 0.3) is 0 Å². The molecule has 0 radical (unpaired) electrons. The Balaban J connectivity index is 1.59. The summed E-state index contributed by atoms with van der Waals surface area (Å²) >= 11 is 3.60. The molecular weight excluding hydrogens is 546 g/mol. The van der Waals surface area contributed by atoms with Crippen LogP contribution in [-0.2, 0) is 17.7 Å². The first-order valence-corrected chi connectivity index (χ1v) is 14.1. The average molecular weight is 587 g/mol. The molecule has 1 aromatic carbocycles. The molecule has 0 spiro atoms. The highest BCUT2D eigenvalue weighted by Crippen LogP contribution is 2.32. The molecule has 1 saturated carbocycles. The summed E-state index contributed by atoms with van der Waals surface area (Å²) in [6, 6.07) is 7.64. The lowest BCUT2D eigenvalue weighted by atomic mass is 9.93. The number of rotatable bonds is 9. The molecule has 1 aliphatic rings. The minimum Gasteiger partial charge on any atom is -0.489 e. The average Bonchev–Trinajstić information content (AvgIpc) is 2.83. The van der Waals surface area contributed by atoms with Crippen molar-refractivity contribution in [1.82, 2.24) is 15.6 Å². The first-order chi connectivity index (χ1) is 18.0. The second kappa shape index (κ2) is 13.3. The molecule has 0 aliphatic heterocycles. The molecule has 206 valence electrons.